The quantitative estimate of drug-likeness (QED) is 0.874. The van der Waals surface area contributed by atoms with Crippen molar-refractivity contribution in [1.29, 1.82) is 0 Å². The summed E-state index contributed by atoms with van der Waals surface area (Å²) in [5.74, 6) is 2.62. The number of hydrogen-bond donors (Lipinski definition) is 1. The third-order valence-electron chi connectivity index (χ3n) is 2.85. The van der Waals surface area contributed by atoms with Crippen molar-refractivity contribution in [2.75, 3.05) is 21.3 Å². The lowest BCUT2D eigenvalue weighted by atomic mass is 9.96. The lowest BCUT2D eigenvalue weighted by molar-refractivity contribution is 0.358. The van der Waals surface area contributed by atoms with Gasteiger partial charge in [-0.25, -0.2) is 0 Å². The van der Waals surface area contributed by atoms with E-state index in [1.807, 2.05) is 12.1 Å². The van der Waals surface area contributed by atoms with Crippen LogP contribution in [0.5, 0.6) is 17.2 Å². The molecular formula is C14H24ClNO3. The molecule has 0 bridgehead atoms. The van der Waals surface area contributed by atoms with Gasteiger partial charge in [0.15, 0.2) is 0 Å². The molecule has 1 atom stereocenters. The van der Waals surface area contributed by atoms with Gasteiger partial charge >= 0.3 is 0 Å². The second-order valence-electron chi connectivity index (χ2n) is 4.68. The summed E-state index contributed by atoms with van der Waals surface area (Å²) in [6, 6.07) is 3.55. The summed E-state index contributed by atoms with van der Waals surface area (Å²) < 4.78 is 16.0. The molecule has 0 aliphatic carbocycles. The minimum atomic E-state index is -0.110. The molecule has 0 unspecified atom stereocenters. The van der Waals surface area contributed by atoms with Crippen molar-refractivity contribution in [2.45, 2.75) is 26.3 Å². The summed E-state index contributed by atoms with van der Waals surface area (Å²) in [6.45, 7) is 4.28. The third-order valence-corrected chi connectivity index (χ3v) is 2.85. The lowest BCUT2D eigenvalue weighted by Gasteiger charge is -2.21. The highest BCUT2D eigenvalue weighted by Crippen LogP contribution is 2.39. The van der Waals surface area contributed by atoms with Crippen LogP contribution >= 0.6 is 12.4 Å². The molecule has 4 nitrogen and oxygen atoms in total. The Morgan fingerprint density at radius 2 is 1.47 bits per heavy atom. The van der Waals surface area contributed by atoms with Gasteiger partial charge in [-0.2, -0.15) is 0 Å². The van der Waals surface area contributed by atoms with E-state index in [-0.39, 0.29) is 18.4 Å². The topological polar surface area (TPSA) is 53.7 Å². The van der Waals surface area contributed by atoms with E-state index in [0.717, 1.165) is 12.0 Å². The molecule has 0 saturated carbocycles. The molecule has 0 aromatic heterocycles. The number of nitrogens with two attached hydrogens (primary N) is 1. The summed E-state index contributed by atoms with van der Waals surface area (Å²) in [6.07, 6.45) is 0.874. The average molecular weight is 290 g/mol. The molecule has 1 aromatic rings. The molecule has 0 saturated heterocycles. The summed E-state index contributed by atoms with van der Waals surface area (Å²) in [5, 5.41) is 0. The minimum absolute atomic E-state index is 0. The fraction of sp³-hybridized carbons (Fsp3) is 0.571. The van der Waals surface area contributed by atoms with Crippen LogP contribution in [-0.4, -0.2) is 21.3 Å². The van der Waals surface area contributed by atoms with Gasteiger partial charge in [0.05, 0.1) is 26.9 Å². The number of halogens is 1. The molecule has 1 rings (SSSR count). The largest absolute Gasteiger partial charge is 0.496 e. The van der Waals surface area contributed by atoms with Gasteiger partial charge in [0, 0.05) is 18.2 Å². The fourth-order valence-corrected chi connectivity index (χ4v) is 2.02. The summed E-state index contributed by atoms with van der Waals surface area (Å²) >= 11 is 0. The average Bonchev–Trinajstić information content (AvgIpc) is 2.35. The van der Waals surface area contributed by atoms with Crippen molar-refractivity contribution in [3.05, 3.63) is 17.7 Å². The molecule has 5 heteroatoms. The van der Waals surface area contributed by atoms with Crippen molar-refractivity contribution in [2.24, 2.45) is 11.7 Å². The Bertz CT molecular complexity index is 371. The predicted molar refractivity (Wildman–Crippen MR) is 79.7 cm³/mol. The number of methoxy groups -OCH3 is 3. The molecule has 2 N–H and O–H groups in total. The van der Waals surface area contributed by atoms with Gasteiger partial charge in [-0.05, 0) is 12.3 Å². The van der Waals surface area contributed by atoms with Crippen molar-refractivity contribution in [1.82, 2.24) is 0 Å². The van der Waals surface area contributed by atoms with E-state index in [1.54, 1.807) is 21.3 Å². The number of ether oxygens (including phenoxy) is 3. The zero-order valence-electron chi connectivity index (χ0n) is 12.2. The Balaban J connectivity index is 0.00000324. The third kappa shape index (κ3) is 4.48. The highest BCUT2D eigenvalue weighted by atomic mass is 35.5. The van der Waals surface area contributed by atoms with E-state index in [0.29, 0.717) is 23.2 Å². The smallest absolute Gasteiger partial charge is 0.131 e. The molecular weight excluding hydrogens is 266 g/mol. The molecule has 0 heterocycles. The van der Waals surface area contributed by atoms with E-state index < -0.39 is 0 Å². The van der Waals surface area contributed by atoms with Crippen LogP contribution < -0.4 is 19.9 Å². The summed E-state index contributed by atoms with van der Waals surface area (Å²) in [7, 11) is 4.86. The predicted octanol–water partition coefficient (Wildman–Crippen LogP) is 3.18. The van der Waals surface area contributed by atoms with Crippen LogP contribution in [0, 0.1) is 5.92 Å². The zero-order chi connectivity index (χ0) is 13.7. The van der Waals surface area contributed by atoms with Crippen molar-refractivity contribution in [3.8, 4) is 17.2 Å². The second-order valence-corrected chi connectivity index (χ2v) is 4.68. The molecule has 0 aliphatic rings. The van der Waals surface area contributed by atoms with E-state index in [4.69, 9.17) is 19.9 Å². The Morgan fingerprint density at radius 3 is 1.79 bits per heavy atom. The fourth-order valence-electron chi connectivity index (χ4n) is 2.02. The van der Waals surface area contributed by atoms with Crippen LogP contribution in [0.15, 0.2) is 12.1 Å². The van der Waals surface area contributed by atoms with E-state index >= 15 is 0 Å². The van der Waals surface area contributed by atoms with Gasteiger partial charge < -0.3 is 19.9 Å². The van der Waals surface area contributed by atoms with Gasteiger partial charge in [-0.3, -0.25) is 0 Å². The van der Waals surface area contributed by atoms with Crippen LogP contribution in [0.4, 0.5) is 0 Å². The molecule has 0 amide bonds. The van der Waals surface area contributed by atoms with Crippen LogP contribution in [0.25, 0.3) is 0 Å². The maximum atomic E-state index is 6.24. The first-order valence-electron chi connectivity index (χ1n) is 6.09. The van der Waals surface area contributed by atoms with Crippen LogP contribution in [0.3, 0.4) is 0 Å². The van der Waals surface area contributed by atoms with Gasteiger partial charge in [-0.1, -0.05) is 13.8 Å². The standard InChI is InChI=1S/C14H23NO3.ClH/c1-9(2)6-11(15)14-12(17-4)7-10(16-3)8-13(14)18-5;/h7-9,11H,6,15H2,1-5H3;1H/t11-;/m1./s1. The summed E-state index contributed by atoms with van der Waals surface area (Å²) in [4.78, 5) is 0. The minimum Gasteiger partial charge on any atom is -0.496 e. The first kappa shape index (κ1) is 17.9. The zero-order valence-corrected chi connectivity index (χ0v) is 13.0. The number of hydrogen-bond acceptors (Lipinski definition) is 4. The van der Waals surface area contributed by atoms with Gasteiger partial charge in [0.2, 0.25) is 0 Å². The van der Waals surface area contributed by atoms with Gasteiger partial charge in [0.25, 0.3) is 0 Å². The van der Waals surface area contributed by atoms with Crippen molar-refractivity contribution in [3.63, 3.8) is 0 Å². The van der Waals surface area contributed by atoms with Crippen molar-refractivity contribution < 1.29 is 14.2 Å². The molecule has 1 aromatic carbocycles. The first-order chi connectivity index (χ1) is 8.53. The highest BCUT2D eigenvalue weighted by molar-refractivity contribution is 5.85. The Labute approximate surface area is 121 Å². The summed E-state index contributed by atoms with van der Waals surface area (Å²) in [5.41, 5.74) is 7.14. The highest BCUT2D eigenvalue weighted by Gasteiger charge is 2.20. The molecule has 19 heavy (non-hydrogen) atoms. The monoisotopic (exact) mass is 289 g/mol. The van der Waals surface area contributed by atoms with Crippen LogP contribution in [-0.2, 0) is 0 Å². The first-order valence-corrected chi connectivity index (χ1v) is 6.09. The van der Waals surface area contributed by atoms with Gasteiger partial charge in [0.1, 0.15) is 17.2 Å². The second kappa shape index (κ2) is 8.12. The maximum Gasteiger partial charge on any atom is 0.131 e. The van der Waals surface area contributed by atoms with Gasteiger partial charge in [-0.15, -0.1) is 12.4 Å². The number of benzene rings is 1. The molecule has 0 radical (unpaired) electrons. The molecule has 110 valence electrons. The van der Waals surface area contributed by atoms with E-state index in [1.165, 1.54) is 0 Å². The Hall–Kier alpha value is -1.13. The number of rotatable bonds is 6. The molecule has 0 spiro atoms. The Morgan fingerprint density at radius 1 is 1.00 bits per heavy atom. The normalized spacial score (nSPS) is 11.7. The van der Waals surface area contributed by atoms with Crippen molar-refractivity contribution >= 4 is 12.4 Å². The SMILES string of the molecule is COc1cc(OC)c([C@H](N)CC(C)C)c(OC)c1.Cl. The molecule has 0 aliphatic heterocycles. The van der Waals surface area contributed by atoms with E-state index in [9.17, 15) is 0 Å². The van der Waals surface area contributed by atoms with E-state index in [2.05, 4.69) is 13.8 Å². The van der Waals surface area contributed by atoms with Crippen LogP contribution in [0.2, 0.25) is 0 Å². The lowest BCUT2D eigenvalue weighted by Crippen LogP contribution is -2.15. The molecule has 0 fully saturated rings. The maximum absolute atomic E-state index is 6.24. The Kier molecular flexibility index (Phi) is 7.64. The van der Waals surface area contributed by atoms with Crippen LogP contribution in [0.1, 0.15) is 31.9 Å².